The summed E-state index contributed by atoms with van der Waals surface area (Å²) in [6, 6.07) is 0. The van der Waals surface area contributed by atoms with Crippen LogP contribution in [-0.4, -0.2) is 55.2 Å². The number of rotatable bonds is 8. The van der Waals surface area contributed by atoms with Crippen molar-refractivity contribution >= 4 is 18.0 Å². The topological polar surface area (TPSA) is 84.9 Å². The molecule has 1 unspecified atom stereocenters. The third kappa shape index (κ3) is 7.66. The summed E-state index contributed by atoms with van der Waals surface area (Å²) in [5.74, 6) is -0.600. The number of unbranched alkanes of at least 4 members (excludes halogenated alkanes) is 3. The second-order valence-corrected chi connectivity index (χ2v) is 7.11. The Morgan fingerprint density at radius 2 is 1.88 bits per heavy atom. The van der Waals surface area contributed by atoms with Gasteiger partial charge >= 0.3 is 12.1 Å². The van der Waals surface area contributed by atoms with Crippen LogP contribution in [0.25, 0.3) is 0 Å². The van der Waals surface area contributed by atoms with Gasteiger partial charge in [-0.3, -0.25) is 9.59 Å². The van der Waals surface area contributed by atoms with Crippen molar-refractivity contribution in [2.24, 2.45) is 5.92 Å². The van der Waals surface area contributed by atoms with Gasteiger partial charge in [-0.15, -0.1) is 0 Å². The van der Waals surface area contributed by atoms with E-state index >= 15 is 0 Å². The summed E-state index contributed by atoms with van der Waals surface area (Å²) in [5, 5.41) is 2.73. The highest BCUT2D eigenvalue weighted by Gasteiger charge is 2.34. The molecular formula is C17H30N2O5. The van der Waals surface area contributed by atoms with Crippen LogP contribution in [0.2, 0.25) is 0 Å². The summed E-state index contributed by atoms with van der Waals surface area (Å²) >= 11 is 0. The van der Waals surface area contributed by atoms with Crippen molar-refractivity contribution < 1.29 is 23.9 Å². The third-order valence-corrected chi connectivity index (χ3v) is 3.77. The Kier molecular flexibility index (Phi) is 8.01. The predicted octanol–water partition coefficient (Wildman–Crippen LogP) is 2.09. The largest absolute Gasteiger partial charge is 0.469 e. The number of likely N-dealkylation sites (tertiary alicyclic amines) is 1. The molecule has 0 aliphatic carbocycles. The van der Waals surface area contributed by atoms with Gasteiger partial charge in [0.2, 0.25) is 5.91 Å². The number of hydrogen-bond acceptors (Lipinski definition) is 5. The molecule has 2 amide bonds. The maximum Gasteiger partial charge on any atom is 0.407 e. The first-order valence-corrected chi connectivity index (χ1v) is 8.55. The van der Waals surface area contributed by atoms with Crippen LogP contribution in [0, 0.1) is 5.92 Å². The molecule has 0 aromatic heterocycles. The molecule has 7 heteroatoms. The Morgan fingerprint density at radius 3 is 2.50 bits per heavy atom. The molecule has 7 nitrogen and oxygen atoms in total. The Morgan fingerprint density at radius 1 is 1.21 bits per heavy atom. The molecule has 1 atom stereocenters. The lowest BCUT2D eigenvalue weighted by atomic mass is 10.1. The predicted molar refractivity (Wildman–Crippen MR) is 89.4 cm³/mol. The van der Waals surface area contributed by atoms with E-state index in [-0.39, 0.29) is 30.3 Å². The van der Waals surface area contributed by atoms with Crippen molar-refractivity contribution in [3.63, 3.8) is 0 Å². The molecule has 1 N–H and O–H groups in total. The van der Waals surface area contributed by atoms with Crippen molar-refractivity contribution in [1.82, 2.24) is 10.2 Å². The summed E-state index contributed by atoms with van der Waals surface area (Å²) in [5.41, 5.74) is -0.478. The van der Waals surface area contributed by atoms with Gasteiger partial charge in [-0.25, -0.2) is 4.79 Å². The van der Waals surface area contributed by atoms with Gasteiger partial charge in [0.25, 0.3) is 0 Å². The van der Waals surface area contributed by atoms with Crippen LogP contribution in [0.15, 0.2) is 0 Å². The SMILES string of the molecule is COC(=O)C1CC(=O)N(CCCCCCNC(=O)OC(C)(C)C)C1. The maximum absolute atomic E-state index is 11.8. The first kappa shape index (κ1) is 20.3. The zero-order chi connectivity index (χ0) is 18.2. The molecule has 138 valence electrons. The van der Waals surface area contributed by atoms with Gasteiger partial charge < -0.3 is 19.7 Å². The Balaban J connectivity index is 2.06. The molecular weight excluding hydrogens is 312 g/mol. The molecule has 1 fully saturated rings. The molecule has 24 heavy (non-hydrogen) atoms. The number of esters is 1. The molecule has 0 spiro atoms. The lowest BCUT2D eigenvalue weighted by Crippen LogP contribution is -2.33. The van der Waals surface area contributed by atoms with Crippen molar-refractivity contribution in [3.05, 3.63) is 0 Å². The van der Waals surface area contributed by atoms with Crippen LogP contribution in [-0.2, 0) is 19.1 Å². The van der Waals surface area contributed by atoms with Gasteiger partial charge in [-0.2, -0.15) is 0 Å². The smallest absolute Gasteiger partial charge is 0.407 e. The number of nitrogens with zero attached hydrogens (tertiary/aromatic N) is 1. The monoisotopic (exact) mass is 342 g/mol. The van der Waals surface area contributed by atoms with Gasteiger partial charge in [-0.05, 0) is 33.6 Å². The normalized spacial score (nSPS) is 17.8. The van der Waals surface area contributed by atoms with Crippen LogP contribution in [0.1, 0.15) is 52.9 Å². The molecule has 0 aromatic rings. The number of methoxy groups -OCH3 is 1. The molecule has 1 heterocycles. The van der Waals surface area contributed by atoms with E-state index in [0.29, 0.717) is 19.6 Å². The van der Waals surface area contributed by atoms with Gasteiger partial charge in [0, 0.05) is 26.1 Å². The van der Waals surface area contributed by atoms with Crippen molar-refractivity contribution in [3.8, 4) is 0 Å². The van der Waals surface area contributed by atoms with Crippen LogP contribution < -0.4 is 5.32 Å². The fourth-order valence-electron chi connectivity index (χ4n) is 2.60. The van der Waals surface area contributed by atoms with E-state index in [1.54, 1.807) is 4.90 Å². The van der Waals surface area contributed by atoms with Gasteiger partial charge in [0.15, 0.2) is 0 Å². The first-order chi connectivity index (χ1) is 11.2. The molecule has 0 saturated carbocycles. The Bertz CT molecular complexity index is 445. The minimum Gasteiger partial charge on any atom is -0.469 e. The van der Waals surface area contributed by atoms with E-state index in [4.69, 9.17) is 4.74 Å². The van der Waals surface area contributed by atoms with E-state index in [1.807, 2.05) is 20.8 Å². The molecule has 0 aromatic carbocycles. The highest BCUT2D eigenvalue weighted by atomic mass is 16.6. The molecule has 0 radical (unpaired) electrons. The Labute approximate surface area is 144 Å². The van der Waals surface area contributed by atoms with Crippen molar-refractivity contribution in [1.29, 1.82) is 0 Å². The number of alkyl carbamates (subject to hydrolysis) is 1. The van der Waals surface area contributed by atoms with Crippen molar-refractivity contribution in [2.45, 2.75) is 58.5 Å². The van der Waals surface area contributed by atoms with E-state index in [2.05, 4.69) is 10.1 Å². The minimum atomic E-state index is -0.478. The number of carbonyl (C=O) groups excluding carboxylic acids is 3. The second-order valence-electron chi connectivity index (χ2n) is 7.11. The van der Waals surface area contributed by atoms with Crippen LogP contribution >= 0.6 is 0 Å². The zero-order valence-electron chi connectivity index (χ0n) is 15.2. The second kappa shape index (κ2) is 9.49. The molecule has 1 saturated heterocycles. The van der Waals surface area contributed by atoms with E-state index in [9.17, 15) is 14.4 Å². The molecule has 1 aliphatic rings. The van der Waals surface area contributed by atoms with Crippen molar-refractivity contribution in [2.75, 3.05) is 26.7 Å². The maximum atomic E-state index is 11.8. The van der Waals surface area contributed by atoms with E-state index in [1.165, 1.54) is 7.11 Å². The summed E-state index contributed by atoms with van der Waals surface area (Å²) in [4.78, 5) is 36.5. The van der Waals surface area contributed by atoms with Crippen LogP contribution in [0.5, 0.6) is 0 Å². The van der Waals surface area contributed by atoms with E-state index in [0.717, 1.165) is 25.7 Å². The van der Waals surface area contributed by atoms with Gasteiger partial charge in [0.05, 0.1) is 13.0 Å². The summed E-state index contributed by atoms with van der Waals surface area (Å²) in [7, 11) is 1.35. The Hall–Kier alpha value is -1.79. The fraction of sp³-hybridized carbons (Fsp3) is 0.824. The quantitative estimate of drug-likeness (QED) is 0.539. The number of amides is 2. The number of ether oxygens (including phenoxy) is 2. The highest BCUT2D eigenvalue weighted by molar-refractivity contribution is 5.86. The molecule has 1 aliphatic heterocycles. The lowest BCUT2D eigenvalue weighted by molar-refractivity contribution is -0.145. The standard InChI is InChI=1S/C17H30N2O5/c1-17(2,3)24-16(22)18-9-7-5-6-8-10-19-12-13(11-14(19)20)15(21)23-4/h13H,5-12H2,1-4H3,(H,18,22). The zero-order valence-corrected chi connectivity index (χ0v) is 15.2. The van der Waals surface area contributed by atoms with Gasteiger partial charge in [0.1, 0.15) is 5.60 Å². The molecule has 1 rings (SSSR count). The third-order valence-electron chi connectivity index (χ3n) is 3.77. The van der Waals surface area contributed by atoms with E-state index < -0.39 is 5.60 Å². The number of carbonyl (C=O) groups is 3. The first-order valence-electron chi connectivity index (χ1n) is 8.55. The summed E-state index contributed by atoms with van der Waals surface area (Å²) < 4.78 is 9.84. The number of nitrogens with one attached hydrogen (secondary N) is 1. The average molecular weight is 342 g/mol. The summed E-state index contributed by atoms with van der Waals surface area (Å²) in [6.07, 6.45) is 3.58. The number of hydrogen-bond donors (Lipinski definition) is 1. The van der Waals surface area contributed by atoms with Gasteiger partial charge in [-0.1, -0.05) is 12.8 Å². The fourth-order valence-corrected chi connectivity index (χ4v) is 2.60. The average Bonchev–Trinajstić information content (AvgIpc) is 2.85. The minimum absolute atomic E-state index is 0.0250. The highest BCUT2D eigenvalue weighted by Crippen LogP contribution is 2.19. The van der Waals surface area contributed by atoms with Crippen LogP contribution in [0.4, 0.5) is 4.79 Å². The molecule has 0 bridgehead atoms. The lowest BCUT2D eigenvalue weighted by Gasteiger charge is -2.19. The van der Waals surface area contributed by atoms with Crippen LogP contribution in [0.3, 0.4) is 0 Å². The summed E-state index contributed by atoms with van der Waals surface area (Å²) in [6.45, 7) is 7.21.